The second-order valence-electron chi connectivity index (χ2n) is 7.85. The van der Waals surface area contributed by atoms with Crippen LogP contribution in [0.5, 0.6) is 11.5 Å². The molecule has 27 heavy (non-hydrogen) atoms. The predicted molar refractivity (Wildman–Crippen MR) is 103 cm³/mol. The lowest BCUT2D eigenvalue weighted by Gasteiger charge is -2.41. The summed E-state index contributed by atoms with van der Waals surface area (Å²) >= 11 is 0. The number of rotatable bonds is 7. The number of benzene rings is 1. The molecule has 150 valence electrons. The van der Waals surface area contributed by atoms with E-state index in [9.17, 15) is 14.7 Å². The van der Waals surface area contributed by atoms with Gasteiger partial charge in [-0.05, 0) is 65.2 Å². The zero-order chi connectivity index (χ0) is 20.2. The Hall–Kier alpha value is -2.24. The van der Waals surface area contributed by atoms with Crippen LogP contribution in [0.25, 0.3) is 0 Å². The van der Waals surface area contributed by atoms with E-state index in [1.54, 1.807) is 11.8 Å². The van der Waals surface area contributed by atoms with E-state index in [-0.39, 0.29) is 12.5 Å². The molecule has 0 saturated carbocycles. The van der Waals surface area contributed by atoms with Crippen molar-refractivity contribution in [1.29, 1.82) is 0 Å². The SMILES string of the molecule is CCOc1ccc(C(C)(C)C(=O)N2CCCC(C)(C(=O)O)C2)cc1OCC. The van der Waals surface area contributed by atoms with Crippen LogP contribution in [0.2, 0.25) is 0 Å². The van der Waals surface area contributed by atoms with Crippen LogP contribution in [-0.2, 0) is 15.0 Å². The van der Waals surface area contributed by atoms with Gasteiger partial charge in [0.2, 0.25) is 5.91 Å². The van der Waals surface area contributed by atoms with E-state index in [0.717, 1.165) is 5.56 Å². The second-order valence-corrected chi connectivity index (χ2v) is 7.85. The molecule has 1 aliphatic heterocycles. The van der Waals surface area contributed by atoms with Crippen molar-refractivity contribution in [1.82, 2.24) is 4.90 Å². The maximum Gasteiger partial charge on any atom is 0.311 e. The van der Waals surface area contributed by atoms with Crippen LogP contribution in [0.3, 0.4) is 0 Å². The molecule has 1 unspecified atom stereocenters. The number of piperidine rings is 1. The van der Waals surface area contributed by atoms with Crippen LogP contribution in [0.15, 0.2) is 18.2 Å². The lowest BCUT2D eigenvalue weighted by molar-refractivity contribution is -0.154. The fourth-order valence-corrected chi connectivity index (χ4v) is 3.55. The molecule has 0 spiro atoms. The Balaban J connectivity index is 2.30. The fourth-order valence-electron chi connectivity index (χ4n) is 3.55. The van der Waals surface area contributed by atoms with Crippen molar-refractivity contribution in [3.05, 3.63) is 23.8 Å². The zero-order valence-corrected chi connectivity index (χ0v) is 17.0. The van der Waals surface area contributed by atoms with Gasteiger partial charge in [0, 0.05) is 13.1 Å². The number of carboxylic acids is 1. The van der Waals surface area contributed by atoms with Gasteiger partial charge in [-0.15, -0.1) is 0 Å². The number of likely N-dealkylation sites (tertiary alicyclic amines) is 1. The first kappa shape index (κ1) is 21.1. The van der Waals surface area contributed by atoms with E-state index in [1.165, 1.54) is 0 Å². The highest BCUT2D eigenvalue weighted by Gasteiger charge is 2.43. The highest BCUT2D eigenvalue weighted by atomic mass is 16.5. The average Bonchev–Trinajstić information content (AvgIpc) is 2.62. The number of carboxylic acid groups (broad SMARTS) is 1. The van der Waals surface area contributed by atoms with Crippen molar-refractivity contribution < 1.29 is 24.2 Å². The van der Waals surface area contributed by atoms with Gasteiger partial charge in [-0.1, -0.05) is 6.07 Å². The topological polar surface area (TPSA) is 76.1 Å². The number of carbonyl (C=O) groups is 2. The van der Waals surface area contributed by atoms with Crippen molar-refractivity contribution in [2.75, 3.05) is 26.3 Å². The summed E-state index contributed by atoms with van der Waals surface area (Å²) in [6.45, 7) is 11.1. The Bertz CT molecular complexity index is 700. The molecule has 0 radical (unpaired) electrons. The van der Waals surface area contributed by atoms with E-state index < -0.39 is 16.8 Å². The molecule has 1 aromatic rings. The van der Waals surface area contributed by atoms with E-state index >= 15 is 0 Å². The monoisotopic (exact) mass is 377 g/mol. The Morgan fingerprint density at radius 3 is 2.41 bits per heavy atom. The molecule has 0 aliphatic carbocycles. The number of ether oxygens (including phenoxy) is 2. The highest BCUT2D eigenvalue weighted by molar-refractivity contribution is 5.88. The Morgan fingerprint density at radius 1 is 1.19 bits per heavy atom. The van der Waals surface area contributed by atoms with E-state index in [0.29, 0.717) is 44.1 Å². The second kappa shape index (κ2) is 8.19. The Kier molecular flexibility index (Phi) is 6.39. The predicted octanol–water partition coefficient (Wildman–Crippen LogP) is 3.47. The van der Waals surface area contributed by atoms with Gasteiger partial charge < -0.3 is 19.5 Å². The number of hydrogen-bond acceptors (Lipinski definition) is 4. The van der Waals surface area contributed by atoms with Crippen molar-refractivity contribution in [2.45, 2.75) is 52.9 Å². The third-order valence-corrected chi connectivity index (χ3v) is 5.30. The van der Waals surface area contributed by atoms with Gasteiger partial charge in [-0.25, -0.2) is 0 Å². The standard InChI is InChI=1S/C21H31NO5/c1-6-26-16-10-9-15(13-17(16)27-7-2)20(3,4)18(23)22-12-8-11-21(5,14-22)19(24)25/h9-10,13H,6-8,11-12,14H2,1-5H3,(H,24,25). The lowest BCUT2D eigenvalue weighted by atomic mass is 9.78. The lowest BCUT2D eigenvalue weighted by Crippen LogP contribution is -2.52. The van der Waals surface area contributed by atoms with Crippen molar-refractivity contribution in [2.24, 2.45) is 5.41 Å². The van der Waals surface area contributed by atoms with E-state index in [4.69, 9.17) is 9.47 Å². The summed E-state index contributed by atoms with van der Waals surface area (Å²) in [5, 5.41) is 9.52. The van der Waals surface area contributed by atoms with Crippen LogP contribution in [0, 0.1) is 5.41 Å². The number of nitrogens with zero attached hydrogens (tertiary/aromatic N) is 1. The molecular formula is C21H31NO5. The molecule has 1 atom stereocenters. The first-order valence-corrected chi connectivity index (χ1v) is 9.58. The Morgan fingerprint density at radius 2 is 1.81 bits per heavy atom. The van der Waals surface area contributed by atoms with Gasteiger partial charge in [0.1, 0.15) is 0 Å². The first-order valence-electron chi connectivity index (χ1n) is 9.58. The molecule has 1 heterocycles. The largest absolute Gasteiger partial charge is 0.490 e. The summed E-state index contributed by atoms with van der Waals surface area (Å²) in [6.07, 6.45) is 1.28. The summed E-state index contributed by atoms with van der Waals surface area (Å²) in [5.41, 5.74) is -0.867. The molecule has 0 aromatic heterocycles. The normalized spacial score (nSPS) is 20.3. The maximum atomic E-state index is 13.3. The van der Waals surface area contributed by atoms with Gasteiger partial charge in [0.15, 0.2) is 11.5 Å². The zero-order valence-electron chi connectivity index (χ0n) is 17.0. The molecule has 1 saturated heterocycles. The number of aliphatic carboxylic acids is 1. The van der Waals surface area contributed by atoms with Crippen LogP contribution < -0.4 is 9.47 Å². The number of amides is 1. The third-order valence-electron chi connectivity index (χ3n) is 5.30. The molecule has 1 aliphatic rings. The highest BCUT2D eigenvalue weighted by Crippen LogP contribution is 2.37. The van der Waals surface area contributed by atoms with Gasteiger partial charge in [-0.2, -0.15) is 0 Å². The maximum absolute atomic E-state index is 13.3. The summed E-state index contributed by atoms with van der Waals surface area (Å²) in [4.78, 5) is 26.6. The summed E-state index contributed by atoms with van der Waals surface area (Å²) in [7, 11) is 0. The molecule has 1 amide bonds. The quantitative estimate of drug-likeness (QED) is 0.787. The molecule has 0 bridgehead atoms. The molecule has 2 rings (SSSR count). The van der Waals surface area contributed by atoms with Crippen molar-refractivity contribution in [3.63, 3.8) is 0 Å². The minimum Gasteiger partial charge on any atom is -0.490 e. The van der Waals surface area contributed by atoms with Gasteiger partial charge in [-0.3, -0.25) is 9.59 Å². The number of hydrogen-bond donors (Lipinski definition) is 1. The summed E-state index contributed by atoms with van der Waals surface area (Å²) in [5.74, 6) is 0.355. The molecule has 1 aromatic carbocycles. The molecular weight excluding hydrogens is 346 g/mol. The van der Waals surface area contributed by atoms with Crippen LogP contribution in [0.4, 0.5) is 0 Å². The third kappa shape index (κ3) is 4.37. The van der Waals surface area contributed by atoms with Crippen molar-refractivity contribution in [3.8, 4) is 11.5 Å². The van der Waals surface area contributed by atoms with Crippen LogP contribution in [-0.4, -0.2) is 48.2 Å². The molecule has 6 heteroatoms. The van der Waals surface area contributed by atoms with E-state index in [1.807, 2.05) is 45.9 Å². The van der Waals surface area contributed by atoms with Gasteiger partial charge in [0.05, 0.1) is 24.0 Å². The molecule has 1 N–H and O–H groups in total. The minimum absolute atomic E-state index is 0.0683. The first-order chi connectivity index (χ1) is 12.7. The number of carbonyl (C=O) groups excluding carboxylic acids is 1. The van der Waals surface area contributed by atoms with Gasteiger partial charge in [0.25, 0.3) is 0 Å². The van der Waals surface area contributed by atoms with E-state index in [2.05, 4.69) is 0 Å². The molecule has 1 fully saturated rings. The summed E-state index contributed by atoms with van der Waals surface area (Å²) in [6, 6.07) is 5.56. The van der Waals surface area contributed by atoms with Crippen LogP contribution in [0.1, 0.15) is 53.0 Å². The Labute approximate surface area is 161 Å². The smallest absolute Gasteiger partial charge is 0.311 e. The van der Waals surface area contributed by atoms with Crippen molar-refractivity contribution >= 4 is 11.9 Å². The van der Waals surface area contributed by atoms with Crippen LogP contribution >= 0.6 is 0 Å². The summed E-state index contributed by atoms with van der Waals surface area (Å²) < 4.78 is 11.3. The fraction of sp³-hybridized carbons (Fsp3) is 0.619. The molecule has 6 nitrogen and oxygen atoms in total. The average molecular weight is 377 g/mol. The van der Waals surface area contributed by atoms with Gasteiger partial charge >= 0.3 is 5.97 Å². The minimum atomic E-state index is -0.890.